The number of aryl methyl sites for hydroxylation is 3. The molecule has 0 N–H and O–H groups in total. The molecule has 5 rings (SSSR count). The largest absolute Gasteiger partial charge is 0.456 e. The fraction of sp³-hybridized carbons (Fsp3) is 0.240. The molecule has 0 unspecified atom stereocenters. The summed E-state index contributed by atoms with van der Waals surface area (Å²) < 4.78 is 8.82. The smallest absolute Gasteiger partial charge is 0.228 e. The highest BCUT2D eigenvalue weighted by atomic mass is 28.3. The molecule has 140 valence electrons. The van der Waals surface area contributed by atoms with E-state index in [9.17, 15) is 0 Å². The predicted octanol–water partition coefficient (Wildman–Crippen LogP) is 5.75. The van der Waals surface area contributed by atoms with Crippen molar-refractivity contribution in [1.82, 2.24) is 0 Å². The average molecular weight is 385 g/mol. The summed E-state index contributed by atoms with van der Waals surface area (Å²) in [6.45, 7) is 11.5. The van der Waals surface area contributed by atoms with Crippen molar-refractivity contribution in [2.45, 2.75) is 33.5 Å². The first-order chi connectivity index (χ1) is 13.2. The zero-order valence-electron chi connectivity index (χ0n) is 17.5. The first-order valence-corrected chi connectivity index (χ1v) is 13.4. The van der Waals surface area contributed by atoms with Crippen LogP contribution in [0.5, 0.6) is 11.5 Å². The van der Waals surface area contributed by atoms with E-state index in [0.29, 0.717) is 0 Å². The van der Waals surface area contributed by atoms with Crippen LogP contribution in [0.2, 0.25) is 19.6 Å². The lowest BCUT2D eigenvalue weighted by Gasteiger charge is -2.25. The topological polar surface area (TPSA) is 13.1 Å². The first-order valence-electron chi connectivity index (χ1n) is 9.93. The van der Waals surface area contributed by atoms with Crippen molar-refractivity contribution in [3.63, 3.8) is 0 Å². The maximum atomic E-state index is 6.58. The van der Waals surface area contributed by atoms with Crippen molar-refractivity contribution < 1.29 is 9.30 Å². The van der Waals surface area contributed by atoms with E-state index in [1.165, 1.54) is 49.1 Å². The Balaban J connectivity index is 1.92. The van der Waals surface area contributed by atoms with Crippen LogP contribution in [0.3, 0.4) is 0 Å². The van der Waals surface area contributed by atoms with Gasteiger partial charge in [0.05, 0.1) is 19.0 Å². The first kappa shape index (κ1) is 17.4. The van der Waals surface area contributed by atoms with E-state index in [1.54, 1.807) is 0 Å². The van der Waals surface area contributed by atoms with Gasteiger partial charge in [0.1, 0.15) is 18.5 Å². The van der Waals surface area contributed by atoms with Crippen LogP contribution in [-0.4, -0.2) is 8.07 Å². The number of nitrogens with zero attached hydrogens (tertiary/aromatic N) is 1. The molecule has 28 heavy (non-hydrogen) atoms. The number of rotatable bonds is 1. The Morgan fingerprint density at radius 1 is 0.857 bits per heavy atom. The van der Waals surface area contributed by atoms with Gasteiger partial charge in [0.25, 0.3) is 0 Å². The summed E-state index contributed by atoms with van der Waals surface area (Å²) in [4.78, 5) is 0. The number of hydrogen-bond donors (Lipinski definition) is 0. The van der Waals surface area contributed by atoms with Gasteiger partial charge >= 0.3 is 0 Å². The second-order valence-corrected chi connectivity index (χ2v) is 14.2. The summed E-state index contributed by atoms with van der Waals surface area (Å²) in [6.07, 6.45) is 2.18. The molecule has 4 aromatic rings. The van der Waals surface area contributed by atoms with E-state index in [1.807, 2.05) is 0 Å². The zero-order valence-corrected chi connectivity index (χ0v) is 18.5. The molecule has 0 spiro atoms. The van der Waals surface area contributed by atoms with Gasteiger partial charge in [-0.25, -0.2) is 4.57 Å². The van der Waals surface area contributed by atoms with Crippen molar-refractivity contribution in [1.29, 1.82) is 0 Å². The molecule has 0 amide bonds. The maximum absolute atomic E-state index is 6.58. The standard InChI is InChI=1S/C25H26NOSi/c1-15-7-8-20-16(2)23-21(13-18(20)11-15)27-22-14-19(28(4,5)6)12-17-9-10-26(3)25(23)24(17)22/h7-14H,1-6H3/q+1. The third kappa shape index (κ3) is 2.42. The molecular formula is C25H26NOSi+. The summed E-state index contributed by atoms with van der Waals surface area (Å²) >= 11 is 0. The highest BCUT2D eigenvalue weighted by Gasteiger charge is 2.31. The van der Waals surface area contributed by atoms with E-state index < -0.39 is 8.07 Å². The minimum atomic E-state index is -1.45. The second-order valence-electron chi connectivity index (χ2n) is 9.17. The van der Waals surface area contributed by atoms with Crippen LogP contribution in [0.15, 0.2) is 48.7 Å². The van der Waals surface area contributed by atoms with E-state index in [-0.39, 0.29) is 0 Å². The number of ether oxygens (including phenoxy) is 1. The van der Waals surface area contributed by atoms with E-state index in [0.717, 1.165) is 11.5 Å². The molecule has 2 nitrogen and oxygen atoms in total. The Hall–Kier alpha value is -2.65. The quantitative estimate of drug-likeness (QED) is 0.265. The van der Waals surface area contributed by atoms with Gasteiger partial charge in [-0.05, 0) is 47.7 Å². The summed E-state index contributed by atoms with van der Waals surface area (Å²) in [5.74, 6) is 1.97. The van der Waals surface area contributed by atoms with Crippen LogP contribution in [0, 0.1) is 13.8 Å². The van der Waals surface area contributed by atoms with Gasteiger partial charge in [0, 0.05) is 6.07 Å². The van der Waals surface area contributed by atoms with Crippen LogP contribution < -0.4 is 14.5 Å². The van der Waals surface area contributed by atoms with Crippen molar-refractivity contribution in [2.24, 2.45) is 7.05 Å². The van der Waals surface area contributed by atoms with Gasteiger partial charge in [0.2, 0.25) is 5.69 Å². The molecule has 0 aliphatic carbocycles. The monoisotopic (exact) mass is 384 g/mol. The number of fused-ring (bicyclic) bond motifs is 3. The minimum absolute atomic E-state index is 0.971. The summed E-state index contributed by atoms with van der Waals surface area (Å²) in [6, 6.07) is 15.8. The molecule has 3 aromatic carbocycles. The molecule has 0 atom stereocenters. The highest BCUT2D eigenvalue weighted by molar-refractivity contribution is 6.88. The SMILES string of the molecule is Cc1ccc2c(C)c3c(cc2c1)Oc1cc([Si](C)(C)C)cc2cc[n+](C)c-3c12. The molecule has 0 bridgehead atoms. The van der Waals surface area contributed by atoms with Crippen LogP contribution >= 0.6 is 0 Å². The number of aromatic nitrogens is 1. The Labute approximate surface area is 167 Å². The summed E-state index contributed by atoms with van der Waals surface area (Å²) in [5.41, 5.74) is 5.04. The highest BCUT2D eigenvalue weighted by Crippen LogP contribution is 2.48. The maximum Gasteiger partial charge on any atom is 0.228 e. The molecular weight excluding hydrogens is 358 g/mol. The third-order valence-corrected chi connectivity index (χ3v) is 8.06. The number of hydrogen-bond acceptors (Lipinski definition) is 1. The molecule has 0 saturated heterocycles. The normalized spacial score (nSPS) is 12.9. The minimum Gasteiger partial charge on any atom is -0.456 e. The van der Waals surface area contributed by atoms with E-state index in [4.69, 9.17) is 4.74 Å². The van der Waals surface area contributed by atoms with Gasteiger partial charge in [-0.1, -0.05) is 54.7 Å². The van der Waals surface area contributed by atoms with Crippen molar-refractivity contribution in [3.8, 4) is 22.8 Å². The van der Waals surface area contributed by atoms with Crippen LogP contribution in [0.4, 0.5) is 0 Å². The lowest BCUT2D eigenvalue weighted by molar-refractivity contribution is -0.659. The zero-order chi connectivity index (χ0) is 19.8. The van der Waals surface area contributed by atoms with Crippen molar-refractivity contribution in [2.75, 3.05) is 0 Å². The third-order valence-electron chi connectivity index (χ3n) is 6.04. The van der Waals surface area contributed by atoms with Gasteiger partial charge in [-0.2, -0.15) is 0 Å². The summed E-state index contributed by atoms with van der Waals surface area (Å²) in [5, 5.41) is 6.49. The van der Waals surface area contributed by atoms with Crippen LogP contribution in [-0.2, 0) is 7.05 Å². The van der Waals surface area contributed by atoms with Crippen molar-refractivity contribution >= 4 is 34.8 Å². The molecule has 0 radical (unpaired) electrons. The predicted molar refractivity (Wildman–Crippen MR) is 121 cm³/mol. The molecule has 1 aliphatic rings. The second kappa shape index (κ2) is 5.68. The number of pyridine rings is 1. The molecule has 1 aliphatic heterocycles. The fourth-order valence-corrected chi connectivity index (χ4v) is 5.60. The molecule has 0 saturated carbocycles. The molecule has 1 aromatic heterocycles. The summed E-state index contributed by atoms with van der Waals surface area (Å²) in [7, 11) is 0.692. The Kier molecular flexibility index (Phi) is 3.54. The van der Waals surface area contributed by atoms with Gasteiger partial charge < -0.3 is 4.74 Å². The van der Waals surface area contributed by atoms with Crippen molar-refractivity contribution in [3.05, 3.63) is 59.8 Å². The fourth-order valence-electron chi connectivity index (χ4n) is 4.45. The molecule has 0 fully saturated rings. The average Bonchev–Trinajstić information content (AvgIpc) is 2.62. The van der Waals surface area contributed by atoms with Gasteiger partial charge in [0.15, 0.2) is 6.20 Å². The Bertz CT molecular complexity index is 1300. The lowest BCUT2D eigenvalue weighted by atomic mass is 9.91. The van der Waals surface area contributed by atoms with Gasteiger partial charge in [-0.3, -0.25) is 0 Å². The Morgan fingerprint density at radius 2 is 1.64 bits per heavy atom. The van der Waals surface area contributed by atoms with Crippen LogP contribution in [0.25, 0.3) is 32.8 Å². The van der Waals surface area contributed by atoms with Gasteiger partial charge in [-0.15, -0.1) is 0 Å². The molecule has 2 heterocycles. The van der Waals surface area contributed by atoms with Crippen LogP contribution in [0.1, 0.15) is 11.1 Å². The number of benzene rings is 3. The lowest BCUT2D eigenvalue weighted by Crippen LogP contribution is -2.38. The van der Waals surface area contributed by atoms with E-state index >= 15 is 0 Å². The Morgan fingerprint density at radius 3 is 2.39 bits per heavy atom. The molecule has 3 heteroatoms. The van der Waals surface area contributed by atoms with E-state index in [2.05, 4.69) is 93.8 Å².